The van der Waals surface area contributed by atoms with Gasteiger partial charge in [-0.05, 0) is 148 Å². The number of nitrogens with two attached hydrogens (primary N) is 1. The fraction of sp³-hybridized carbons (Fsp3) is 0.455. The van der Waals surface area contributed by atoms with Gasteiger partial charge in [0.05, 0.1) is 13.2 Å². The smallest absolute Gasteiger partial charge is 0.329 e. The van der Waals surface area contributed by atoms with Crippen LogP contribution >= 0.6 is 0 Å². The molecule has 6 aromatic rings. The van der Waals surface area contributed by atoms with Crippen LogP contribution in [0, 0.1) is 11.6 Å². The van der Waals surface area contributed by atoms with Gasteiger partial charge in [0, 0.05) is 124 Å². The Morgan fingerprint density at radius 2 is 1.21 bits per heavy atom. The number of nitrogens with zero attached hydrogens (tertiary/aromatic N) is 7. The Morgan fingerprint density at radius 1 is 0.667 bits per heavy atom. The highest BCUT2D eigenvalue weighted by Crippen LogP contribution is 2.37. The Bertz CT molecular complexity index is 3750. The number of likely N-dealkylation sites (tertiary alicyclic amines) is 3. The second-order valence-corrected chi connectivity index (χ2v) is 25.3. The molecule has 9 heterocycles. The number of benzene rings is 4. The maximum absolute atomic E-state index is 15.5. The summed E-state index contributed by atoms with van der Waals surface area (Å²) in [7, 11) is 0. The number of primary amides is 1. The topological polar surface area (TPSA) is 217 Å². The molecule has 7 atom stereocenters. The van der Waals surface area contributed by atoms with Crippen molar-refractivity contribution in [3.05, 3.63) is 141 Å². The first-order valence-corrected chi connectivity index (χ1v) is 30.2. The molecule has 21 heteroatoms. The Hall–Kier alpha value is -7.98. The molecule has 0 saturated carbocycles. The molecule has 5 fully saturated rings. The molecule has 0 spiro atoms. The minimum atomic E-state index is -1.70. The lowest BCUT2D eigenvalue weighted by Crippen LogP contribution is -2.61. The third-order valence-electron chi connectivity index (χ3n) is 18.0. The number of hydrogen-bond acceptors (Lipinski definition) is 15. The molecule has 87 heavy (non-hydrogen) atoms. The van der Waals surface area contributed by atoms with Crippen LogP contribution in [0.15, 0.2) is 84.9 Å². The number of piperidine rings is 1. The number of halogens is 2. The van der Waals surface area contributed by atoms with E-state index in [0.717, 1.165) is 64.0 Å². The summed E-state index contributed by atoms with van der Waals surface area (Å²) in [6.45, 7) is 11.0. The first-order valence-electron chi connectivity index (χ1n) is 30.2. The number of fused-ring (bicyclic) bond motifs is 4. The van der Waals surface area contributed by atoms with E-state index in [4.69, 9.17) is 29.4 Å². The zero-order valence-electron chi connectivity index (χ0n) is 49.0. The Labute approximate surface area is 502 Å². The molecule has 454 valence electrons. The number of carbonyl (C=O) groups is 6. The Morgan fingerprint density at radius 3 is 1.72 bits per heavy atom. The second kappa shape index (κ2) is 23.6. The fourth-order valence-corrected chi connectivity index (χ4v) is 13.7. The molecule has 19 nitrogen and oxygen atoms in total. The van der Waals surface area contributed by atoms with Crippen LogP contribution in [0.2, 0.25) is 0 Å². The first-order chi connectivity index (χ1) is 41.9. The van der Waals surface area contributed by atoms with Gasteiger partial charge in [-0.25, -0.2) is 23.5 Å². The quantitative estimate of drug-likeness (QED) is 0.0693. The van der Waals surface area contributed by atoms with Gasteiger partial charge in [-0.2, -0.15) is 0 Å². The molecule has 0 bridgehead atoms. The van der Waals surface area contributed by atoms with Crippen LogP contribution in [0.1, 0.15) is 132 Å². The molecule has 0 aliphatic carbocycles. The van der Waals surface area contributed by atoms with Crippen LogP contribution in [0.3, 0.4) is 0 Å². The lowest BCUT2D eigenvalue weighted by atomic mass is 9.96. The third-order valence-corrected chi connectivity index (χ3v) is 18.0. The van der Waals surface area contributed by atoms with Crippen molar-refractivity contribution in [3.63, 3.8) is 0 Å². The summed E-state index contributed by atoms with van der Waals surface area (Å²) in [6, 6.07) is 20.7. The van der Waals surface area contributed by atoms with E-state index in [-0.39, 0.29) is 61.6 Å². The van der Waals surface area contributed by atoms with Crippen LogP contribution in [-0.4, -0.2) is 159 Å². The molecule has 13 rings (SSSR count). The van der Waals surface area contributed by atoms with Crippen molar-refractivity contribution in [1.82, 2.24) is 34.5 Å². The van der Waals surface area contributed by atoms with E-state index < -0.39 is 65.7 Å². The summed E-state index contributed by atoms with van der Waals surface area (Å²) in [6.07, 6.45) is 1.96. The fourth-order valence-electron chi connectivity index (χ4n) is 13.7. The van der Waals surface area contributed by atoms with Gasteiger partial charge in [0.15, 0.2) is 0 Å². The average Bonchev–Trinajstić information content (AvgIpc) is 2.22. The molecule has 2 aromatic heterocycles. The van der Waals surface area contributed by atoms with Gasteiger partial charge in [0.25, 0.3) is 17.7 Å². The summed E-state index contributed by atoms with van der Waals surface area (Å²) in [5.41, 5.74) is 10.9. The molecule has 5 amide bonds. The van der Waals surface area contributed by atoms with E-state index in [0.29, 0.717) is 110 Å². The largest absolute Gasteiger partial charge is 0.489 e. The summed E-state index contributed by atoms with van der Waals surface area (Å²) >= 11 is 0. The van der Waals surface area contributed by atoms with Crippen LogP contribution in [0.5, 0.6) is 11.5 Å². The SMILES string of the molecule is CC(C)(C)OC(=O)[C@H](C[C@@H](C(N)=O)N1Cc2cc(O[C@H]3CCN(Cc4cc(F)c5nc([C@@H]6CCOC6)ccc5c4)C3)ccc2C1=O)N1C(=O)CC[C@H](N2Cc3cc(O[C@H]4CCN(Cc5cc(F)c6nc([C@@H]7CCOC7)ccc6c5)C4)ccc3C2=O)C1=O. The summed E-state index contributed by atoms with van der Waals surface area (Å²) in [5, 5.41) is 1.48. The standard InChI is InChI=1S/C66H70F2N8O11/c1-66(2,3)87-65(82)57(28-56(61(69)78)75-32-44-27-46(7-9-50(44)63(75)80)86-48-15-19-73(34-48)30-38-23-40-5-11-54(42-17-21-84-36-42)71-60(40)52(68)25-38)76-58(77)13-12-55(64(76)81)74-31-43-26-45(6-8-49(43)62(74)79)85-47-14-18-72(33-47)29-37-22-39-4-10-53(41-16-20-83-35-41)70-59(39)51(67)24-37/h4-11,22-27,41-42,47-48,55-57H,12-21,28-36H2,1-3H3,(H2,69,78)/t41-,42-,47+,48+,55+,56+,57+/m1/s1. The number of rotatable bonds is 17. The van der Waals surface area contributed by atoms with Gasteiger partial charge >= 0.3 is 5.97 Å². The predicted molar refractivity (Wildman–Crippen MR) is 313 cm³/mol. The molecule has 2 N–H and O–H groups in total. The molecule has 0 radical (unpaired) electrons. The number of pyridine rings is 2. The lowest BCUT2D eigenvalue weighted by Gasteiger charge is -2.40. The van der Waals surface area contributed by atoms with Gasteiger partial charge in [-0.1, -0.05) is 12.1 Å². The molecule has 7 aliphatic rings. The zero-order chi connectivity index (χ0) is 60.4. The van der Waals surface area contributed by atoms with Gasteiger partial charge in [0.1, 0.15) is 70.1 Å². The van der Waals surface area contributed by atoms with Crippen LogP contribution in [0.25, 0.3) is 21.8 Å². The molecule has 7 aliphatic heterocycles. The van der Waals surface area contributed by atoms with Gasteiger partial charge in [-0.15, -0.1) is 0 Å². The van der Waals surface area contributed by atoms with Crippen molar-refractivity contribution in [2.24, 2.45) is 5.73 Å². The van der Waals surface area contributed by atoms with E-state index in [1.807, 2.05) is 36.4 Å². The molecule has 5 saturated heterocycles. The predicted octanol–water partition coefficient (Wildman–Crippen LogP) is 7.46. The minimum absolute atomic E-state index is 0.0203. The van der Waals surface area contributed by atoms with Crippen molar-refractivity contribution < 1.29 is 61.2 Å². The number of esters is 1. The number of amides is 5. The van der Waals surface area contributed by atoms with E-state index in [1.54, 1.807) is 69.3 Å². The number of carbonyl (C=O) groups excluding carboxylic acids is 6. The van der Waals surface area contributed by atoms with Gasteiger partial charge < -0.3 is 39.2 Å². The molecule has 4 aromatic carbocycles. The van der Waals surface area contributed by atoms with Crippen molar-refractivity contribution in [1.29, 1.82) is 0 Å². The van der Waals surface area contributed by atoms with Crippen molar-refractivity contribution >= 4 is 57.3 Å². The van der Waals surface area contributed by atoms with E-state index in [9.17, 15) is 28.8 Å². The van der Waals surface area contributed by atoms with E-state index >= 15 is 8.78 Å². The van der Waals surface area contributed by atoms with Crippen molar-refractivity contribution in [2.75, 3.05) is 52.6 Å². The number of aromatic nitrogens is 2. The van der Waals surface area contributed by atoms with Gasteiger partial charge in [0.2, 0.25) is 11.8 Å². The highest BCUT2D eigenvalue weighted by Gasteiger charge is 2.50. The first kappa shape index (κ1) is 58.1. The van der Waals surface area contributed by atoms with Crippen LogP contribution < -0.4 is 15.2 Å². The number of hydrogen-bond donors (Lipinski definition) is 1. The zero-order valence-corrected chi connectivity index (χ0v) is 49.0. The monoisotopic (exact) mass is 1190 g/mol. The van der Waals surface area contributed by atoms with E-state index in [1.165, 1.54) is 9.80 Å². The molecular formula is C66H70F2N8O11. The minimum Gasteiger partial charge on any atom is -0.489 e. The summed E-state index contributed by atoms with van der Waals surface area (Å²) in [4.78, 5) is 102. The highest BCUT2D eigenvalue weighted by molar-refractivity contribution is 6.08. The van der Waals surface area contributed by atoms with Crippen molar-refractivity contribution in [3.8, 4) is 11.5 Å². The van der Waals surface area contributed by atoms with Gasteiger partial charge in [-0.3, -0.25) is 38.7 Å². The summed E-state index contributed by atoms with van der Waals surface area (Å²) in [5.74, 6) is -3.81. The maximum Gasteiger partial charge on any atom is 0.329 e. The highest BCUT2D eigenvalue weighted by atomic mass is 19.1. The second-order valence-electron chi connectivity index (χ2n) is 25.3. The van der Waals surface area contributed by atoms with Crippen LogP contribution in [0.4, 0.5) is 8.78 Å². The molecule has 0 unspecified atom stereocenters. The third kappa shape index (κ3) is 12.0. The van der Waals surface area contributed by atoms with Crippen molar-refractivity contribution in [2.45, 2.75) is 140 Å². The van der Waals surface area contributed by atoms with E-state index in [2.05, 4.69) is 19.8 Å². The van der Waals surface area contributed by atoms with Crippen LogP contribution in [-0.2, 0) is 59.6 Å². The molecular weight excluding hydrogens is 1120 g/mol. The maximum atomic E-state index is 15.5. The number of imide groups is 1. The lowest BCUT2D eigenvalue weighted by molar-refractivity contribution is -0.173. The Kier molecular flexibility index (Phi) is 15.8. The average molecular weight is 1190 g/mol. The Balaban J connectivity index is 0.646. The number of ether oxygens (including phenoxy) is 5. The summed E-state index contributed by atoms with van der Waals surface area (Å²) < 4.78 is 60.7. The normalized spacial score (nSPS) is 23.3.